The van der Waals surface area contributed by atoms with E-state index in [2.05, 4.69) is 69.3 Å². The zero-order valence-corrected chi connectivity index (χ0v) is 20.4. The fourth-order valence-corrected chi connectivity index (χ4v) is 5.93. The van der Waals surface area contributed by atoms with Gasteiger partial charge in [-0.05, 0) is 90.9 Å². The molecule has 0 aromatic heterocycles. The van der Waals surface area contributed by atoms with Gasteiger partial charge in [0.2, 0.25) is 0 Å². The van der Waals surface area contributed by atoms with E-state index in [0.29, 0.717) is 5.92 Å². The first-order valence-electron chi connectivity index (χ1n) is 12.5. The number of aryl methyl sites for hydroxylation is 1. The molecule has 0 aliphatic heterocycles. The van der Waals surface area contributed by atoms with E-state index in [1.54, 1.807) is 5.56 Å². The maximum absolute atomic E-state index is 2.39. The Balaban J connectivity index is 1.36. The lowest BCUT2D eigenvalue weighted by Gasteiger charge is -2.22. The highest BCUT2D eigenvalue weighted by atomic mass is 32.2. The lowest BCUT2D eigenvalue weighted by atomic mass is 9.84. The smallest absolute Gasteiger partial charge is 0.00721 e. The highest BCUT2D eigenvalue weighted by molar-refractivity contribution is 7.99. The Hall–Kier alpha value is -1.21. The van der Waals surface area contributed by atoms with E-state index in [0.717, 1.165) is 11.8 Å². The van der Waals surface area contributed by atoms with Crippen LogP contribution >= 0.6 is 11.8 Å². The second kappa shape index (κ2) is 12.6. The lowest BCUT2D eigenvalue weighted by molar-refractivity contribution is 0.443. The minimum atomic E-state index is 0.713. The van der Waals surface area contributed by atoms with Gasteiger partial charge >= 0.3 is 0 Å². The maximum atomic E-state index is 2.39. The number of benzene rings is 2. The van der Waals surface area contributed by atoms with Crippen molar-refractivity contribution < 1.29 is 0 Å². The third-order valence-corrected chi connectivity index (χ3v) is 8.00. The molecule has 0 bridgehead atoms. The number of rotatable bonds is 11. The predicted molar refractivity (Wildman–Crippen MR) is 135 cm³/mol. The van der Waals surface area contributed by atoms with Crippen LogP contribution in [0, 0.1) is 5.92 Å². The summed E-state index contributed by atoms with van der Waals surface area (Å²) in [6.07, 6.45) is 13.4. The SMILES string of the molecule is CCCC(c1ccc(CCCCSc2ccc(C3CCCCC3)cc2)cc1)C(C)C. The molecule has 1 aliphatic carbocycles. The quantitative estimate of drug-likeness (QED) is 0.257. The highest BCUT2D eigenvalue weighted by Gasteiger charge is 2.15. The fourth-order valence-electron chi connectivity index (χ4n) is 5.02. The standard InChI is InChI=1S/C29H42S/c1-4-10-29(23(2)3)27-16-14-24(15-17-27)11-8-9-22-30-28-20-18-26(19-21-28)25-12-6-5-7-13-25/h14-21,23,25,29H,4-13,22H2,1-3H3. The summed E-state index contributed by atoms with van der Waals surface area (Å²) in [5.74, 6) is 3.49. The van der Waals surface area contributed by atoms with Gasteiger partial charge in [-0.15, -0.1) is 11.8 Å². The van der Waals surface area contributed by atoms with Gasteiger partial charge < -0.3 is 0 Å². The van der Waals surface area contributed by atoms with Crippen LogP contribution in [0.1, 0.15) is 107 Å². The van der Waals surface area contributed by atoms with Gasteiger partial charge in [-0.1, -0.05) is 82.9 Å². The van der Waals surface area contributed by atoms with Gasteiger partial charge in [0.05, 0.1) is 0 Å². The Morgan fingerprint density at radius 2 is 1.57 bits per heavy atom. The Bertz CT molecular complexity index is 707. The van der Waals surface area contributed by atoms with E-state index >= 15 is 0 Å². The van der Waals surface area contributed by atoms with E-state index in [1.165, 1.54) is 86.0 Å². The van der Waals surface area contributed by atoms with Gasteiger partial charge in [0, 0.05) is 4.90 Å². The molecule has 0 radical (unpaired) electrons. The van der Waals surface area contributed by atoms with Crippen LogP contribution < -0.4 is 0 Å². The molecule has 0 N–H and O–H groups in total. The second-order valence-corrected chi connectivity index (χ2v) is 10.8. The Morgan fingerprint density at radius 3 is 2.20 bits per heavy atom. The Labute approximate surface area is 190 Å². The molecule has 1 atom stereocenters. The van der Waals surface area contributed by atoms with E-state index in [1.807, 2.05) is 11.8 Å². The zero-order valence-electron chi connectivity index (χ0n) is 19.5. The average Bonchev–Trinajstić information content (AvgIpc) is 2.78. The van der Waals surface area contributed by atoms with Crippen molar-refractivity contribution in [3.05, 3.63) is 65.2 Å². The number of thioether (sulfide) groups is 1. The van der Waals surface area contributed by atoms with Crippen LogP contribution in [0.25, 0.3) is 0 Å². The van der Waals surface area contributed by atoms with E-state index in [9.17, 15) is 0 Å². The predicted octanol–water partition coefficient (Wildman–Crippen LogP) is 9.39. The molecule has 30 heavy (non-hydrogen) atoms. The molecule has 1 fully saturated rings. The molecule has 0 amide bonds. The maximum Gasteiger partial charge on any atom is 0.00721 e. The molecule has 1 aliphatic rings. The molecule has 1 unspecified atom stereocenters. The monoisotopic (exact) mass is 422 g/mol. The summed E-state index contributed by atoms with van der Waals surface area (Å²) in [4.78, 5) is 1.44. The van der Waals surface area contributed by atoms with Crippen LogP contribution in [-0.4, -0.2) is 5.75 Å². The van der Waals surface area contributed by atoms with Crippen LogP contribution in [0.4, 0.5) is 0 Å². The summed E-state index contributed by atoms with van der Waals surface area (Å²) in [5.41, 5.74) is 4.60. The fraction of sp³-hybridized carbons (Fsp3) is 0.586. The summed E-state index contributed by atoms with van der Waals surface area (Å²) in [6.45, 7) is 7.01. The minimum absolute atomic E-state index is 0.713. The lowest BCUT2D eigenvalue weighted by Crippen LogP contribution is -2.06. The summed E-state index contributed by atoms with van der Waals surface area (Å²) in [7, 11) is 0. The minimum Gasteiger partial charge on any atom is -0.126 e. The van der Waals surface area contributed by atoms with Gasteiger partial charge in [0.25, 0.3) is 0 Å². The molecule has 0 nitrogen and oxygen atoms in total. The van der Waals surface area contributed by atoms with Crippen molar-refractivity contribution in [1.82, 2.24) is 0 Å². The van der Waals surface area contributed by atoms with Crippen molar-refractivity contribution in [1.29, 1.82) is 0 Å². The summed E-state index contributed by atoms with van der Waals surface area (Å²) < 4.78 is 0. The van der Waals surface area contributed by atoms with Crippen LogP contribution in [0.3, 0.4) is 0 Å². The molecule has 2 aromatic rings. The highest BCUT2D eigenvalue weighted by Crippen LogP contribution is 2.33. The van der Waals surface area contributed by atoms with Crippen LogP contribution in [0.2, 0.25) is 0 Å². The largest absolute Gasteiger partial charge is 0.126 e. The molecular formula is C29H42S. The van der Waals surface area contributed by atoms with Crippen molar-refractivity contribution in [2.45, 2.75) is 102 Å². The van der Waals surface area contributed by atoms with E-state index in [4.69, 9.17) is 0 Å². The summed E-state index contributed by atoms with van der Waals surface area (Å²) in [6, 6.07) is 19.0. The first-order chi connectivity index (χ1) is 14.7. The first kappa shape index (κ1) is 23.5. The first-order valence-corrected chi connectivity index (χ1v) is 13.5. The van der Waals surface area contributed by atoms with Crippen molar-refractivity contribution >= 4 is 11.8 Å². The summed E-state index contributed by atoms with van der Waals surface area (Å²) in [5, 5.41) is 0. The van der Waals surface area contributed by atoms with Crippen molar-refractivity contribution in [3.63, 3.8) is 0 Å². The van der Waals surface area contributed by atoms with E-state index < -0.39 is 0 Å². The van der Waals surface area contributed by atoms with E-state index in [-0.39, 0.29) is 0 Å². The second-order valence-electron chi connectivity index (χ2n) is 9.59. The average molecular weight is 423 g/mol. The Morgan fingerprint density at radius 1 is 0.867 bits per heavy atom. The molecule has 3 rings (SSSR count). The van der Waals surface area contributed by atoms with Crippen LogP contribution in [-0.2, 0) is 6.42 Å². The molecule has 0 saturated heterocycles. The molecule has 0 heterocycles. The van der Waals surface area contributed by atoms with Crippen LogP contribution in [0.5, 0.6) is 0 Å². The van der Waals surface area contributed by atoms with Crippen molar-refractivity contribution in [3.8, 4) is 0 Å². The molecule has 2 aromatic carbocycles. The van der Waals surface area contributed by atoms with Gasteiger partial charge in [-0.3, -0.25) is 0 Å². The third kappa shape index (κ3) is 7.19. The zero-order chi connectivity index (χ0) is 21.2. The Kier molecular flexibility index (Phi) is 9.85. The molecule has 0 spiro atoms. The molecule has 1 heteroatoms. The normalized spacial score (nSPS) is 16.1. The van der Waals surface area contributed by atoms with Crippen LogP contribution in [0.15, 0.2) is 53.4 Å². The van der Waals surface area contributed by atoms with Gasteiger partial charge in [0.1, 0.15) is 0 Å². The number of unbranched alkanes of at least 4 members (excludes halogenated alkanes) is 1. The molecule has 164 valence electrons. The third-order valence-electron chi connectivity index (χ3n) is 6.90. The van der Waals surface area contributed by atoms with Gasteiger partial charge in [-0.25, -0.2) is 0 Å². The summed E-state index contributed by atoms with van der Waals surface area (Å²) >= 11 is 2.03. The van der Waals surface area contributed by atoms with Gasteiger partial charge in [0.15, 0.2) is 0 Å². The number of hydrogen-bond acceptors (Lipinski definition) is 1. The number of hydrogen-bond donors (Lipinski definition) is 0. The topological polar surface area (TPSA) is 0 Å². The van der Waals surface area contributed by atoms with Gasteiger partial charge in [-0.2, -0.15) is 0 Å². The molecular weight excluding hydrogens is 380 g/mol. The van der Waals surface area contributed by atoms with Crippen molar-refractivity contribution in [2.75, 3.05) is 5.75 Å². The molecule has 1 saturated carbocycles. The van der Waals surface area contributed by atoms with Crippen molar-refractivity contribution in [2.24, 2.45) is 5.92 Å².